The summed E-state index contributed by atoms with van der Waals surface area (Å²) in [4.78, 5) is 32.3. The number of rotatable bonds is 5. The van der Waals surface area contributed by atoms with Gasteiger partial charge in [-0.05, 0) is 29.1 Å². The van der Waals surface area contributed by atoms with Gasteiger partial charge in [-0.1, -0.05) is 19.9 Å². The molecule has 0 aliphatic carbocycles. The van der Waals surface area contributed by atoms with E-state index in [0.29, 0.717) is 10.5 Å². The maximum atomic E-state index is 12.8. The zero-order valence-electron chi connectivity index (χ0n) is 12.9. The fourth-order valence-corrected chi connectivity index (χ4v) is 4.18. The fraction of sp³-hybridized carbons (Fsp3) is 0.235. The quantitative estimate of drug-likeness (QED) is 0.778. The molecule has 0 fully saturated rings. The molecule has 0 aromatic carbocycles. The average molecular weight is 344 g/mol. The van der Waals surface area contributed by atoms with Crippen LogP contribution in [0.15, 0.2) is 46.9 Å². The fourth-order valence-electron chi connectivity index (χ4n) is 2.35. The SMILES string of the molecule is CC(C)SC1=C(c2cccs2)C(=O)N(Cc2ccncc2)C1=O. The predicted octanol–water partition coefficient (Wildman–Crippen LogP) is 3.56. The van der Waals surface area contributed by atoms with Crippen LogP contribution in [0.25, 0.3) is 5.57 Å². The number of carbonyl (C=O) groups is 2. The van der Waals surface area contributed by atoms with Gasteiger partial charge in [-0.15, -0.1) is 23.1 Å². The molecule has 3 rings (SSSR count). The highest BCUT2D eigenvalue weighted by Gasteiger charge is 2.39. The number of nitrogens with zero attached hydrogens (tertiary/aromatic N) is 2. The maximum Gasteiger partial charge on any atom is 0.268 e. The highest BCUT2D eigenvalue weighted by Crippen LogP contribution is 2.39. The molecule has 3 heterocycles. The predicted molar refractivity (Wildman–Crippen MR) is 93.8 cm³/mol. The van der Waals surface area contributed by atoms with E-state index in [2.05, 4.69) is 4.98 Å². The number of pyridine rings is 1. The van der Waals surface area contributed by atoms with E-state index in [0.717, 1.165) is 10.4 Å². The first kappa shape index (κ1) is 16.0. The molecule has 0 radical (unpaired) electrons. The summed E-state index contributed by atoms with van der Waals surface area (Å²) >= 11 is 2.94. The van der Waals surface area contributed by atoms with E-state index in [1.807, 2.05) is 43.5 Å². The Kier molecular flexibility index (Phi) is 4.63. The second kappa shape index (κ2) is 6.68. The van der Waals surface area contributed by atoms with E-state index in [-0.39, 0.29) is 23.6 Å². The number of carbonyl (C=O) groups excluding carboxylic acids is 2. The van der Waals surface area contributed by atoms with Crippen LogP contribution >= 0.6 is 23.1 Å². The summed E-state index contributed by atoms with van der Waals surface area (Å²) in [6.45, 7) is 4.32. The average Bonchev–Trinajstić information content (AvgIpc) is 3.12. The van der Waals surface area contributed by atoms with Crippen molar-refractivity contribution in [2.75, 3.05) is 0 Å². The topological polar surface area (TPSA) is 50.3 Å². The number of amides is 2. The minimum atomic E-state index is -0.211. The van der Waals surface area contributed by atoms with Crippen molar-refractivity contribution in [3.8, 4) is 0 Å². The highest BCUT2D eigenvalue weighted by atomic mass is 32.2. The van der Waals surface area contributed by atoms with Crippen LogP contribution in [0.3, 0.4) is 0 Å². The summed E-state index contributed by atoms with van der Waals surface area (Å²) in [6, 6.07) is 7.42. The van der Waals surface area contributed by atoms with Gasteiger partial charge in [0.15, 0.2) is 0 Å². The molecule has 0 bridgehead atoms. The molecule has 2 amide bonds. The van der Waals surface area contributed by atoms with Crippen LogP contribution in [0.5, 0.6) is 0 Å². The summed E-state index contributed by atoms with van der Waals surface area (Å²) in [5.41, 5.74) is 1.43. The van der Waals surface area contributed by atoms with Crippen molar-refractivity contribution in [1.82, 2.24) is 9.88 Å². The van der Waals surface area contributed by atoms with E-state index in [1.165, 1.54) is 28.0 Å². The number of hydrogen-bond acceptors (Lipinski definition) is 5. The van der Waals surface area contributed by atoms with Crippen LogP contribution in [0.1, 0.15) is 24.3 Å². The Balaban J connectivity index is 1.96. The molecule has 1 aliphatic heterocycles. The Hall–Kier alpha value is -1.92. The lowest BCUT2D eigenvalue weighted by molar-refractivity contribution is -0.137. The zero-order valence-corrected chi connectivity index (χ0v) is 14.5. The minimum absolute atomic E-state index is 0.200. The van der Waals surface area contributed by atoms with E-state index in [4.69, 9.17) is 0 Å². The summed E-state index contributed by atoms with van der Waals surface area (Å²) in [7, 11) is 0. The molecule has 118 valence electrons. The Labute approximate surface area is 143 Å². The molecule has 0 saturated carbocycles. The van der Waals surface area contributed by atoms with Gasteiger partial charge < -0.3 is 0 Å². The second-order valence-corrected chi connectivity index (χ2v) is 7.93. The van der Waals surface area contributed by atoms with Crippen LogP contribution in [-0.2, 0) is 16.1 Å². The molecule has 2 aromatic heterocycles. The molecule has 0 N–H and O–H groups in total. The number of imide groups is 1. The lowest BCUT2D eigenvalue weighted by Gasteiger charge is -2.15. The third-order valence-corrected chi connectivity index (χ3v) is 5.31. The molecule has 0 saturated heterocycles. The Bertz CT molecular complexity index is 752. The van der Waals surface area contributed by atoms with Crippen molar-refractivity contribution >= 4 is 40.5 Å². The van der Waals surface area contributed by atoms with Gasteiger partial charge in [0.1, 0.15) is 0 Å². The lowest BCUT2D eigenvalue weighted by Crippen LogP contribution is -2.30. The first-order valence-corrected chi connectivity index (χ1v) is 9.03. The summed E-state index contributed by atoms with van der Waals surface area (Å²) < 4.78 is 0. The van der Waals surface area contributed by atoms with Crippen molar-refractivity contribution in [2.45, 2.75) is 25.6 Å². The van der Waals surface area contributed by atoms with Gasteiger partial charge in [-0.3, -0.25) is 19.5 Å². The zero-order chi connectivity index (χ0) is 16.4. The minimum Gasteiger partial charge on any atom is -0.269 e. The van der Waals surface area contributed by atoms with Crippen molar-refractivity contribution < 1.29 is 9.59 Å². The molecule has 4 nitrogen and oxygen atoms in total. The third kappa shape index (κ3) is 3.23. The van der Waals surface area contributed by atoms with Gasteiger partial charge in [0.05, 0.1) is 17.0 Å². The lowest BCUT2D eigenvalue weighted by atomic mass is 10.2. The van der Waals surface area contributed by atoms with Gasteiger partial charge in [-0.2, -0.15) is 0 Å². The third-order valence-electron chi connectivity index (χ3n) is 3.34. The van der Waals surface area contributed by atoms with Gasteiger partial charge in [-0.25, -0.2) is 0 Å². The van der Waals surface area contributed by atoms with Gasteiger partial charge in [0, 0.05) is 22.5 Å². The largest absolute Gasteiger partial charge is 0.269 e. The monoisotopic (exact) mass is 344 g/mol. The van der Waals surface area contributed by atoms with Gasteiger partial charge >= 0.3 is 0 Å². The first-order valence-electron chi connectivity index (χ1n) is 7.28. The normalized spacial score (nSPS) is 15.2. The van der Waals surface area contributed by atoms with Gasteiger partial charge in [0.25, 0.3) is 11.8 Å². The standard InChI is InChI=1S/C17H16N2O2S2/c1-11(2)23-15-14(13-4-3-9-22-13)16(20)19(17(15)21)10-12-5-7-18-8-6-12/h3-9,11H,10H2,1-2H3. The molecule has 0 spiro atoms. The molecule has 1 aliphatic rings. The first-order chi connectivity index (χ1) is 11.1. The second-order valence-electron chi connectivity index (χ2n) is 5.40. The van der Waals surface area contributed by atoms with Crippen LogP contribution in [0.2, 0.25) is 0 Å². The van der Waals surface area contributed by atoms with E-state index >= 15 is 0 Å². The van der Waals surface area contributed by atoms with Crippen LogP contribution in [-0.4, -0.2) is 26.9 Å². The van der Waals surface area contributed by atoms with E-state index < -0.39 is 0 Å². The number of thioether (sulfide) groups is 1. The highest BCUT2D eigenvalue weighted by molar-refractivity contribution is 8.04. The molecular formula is C17H16N2O2S2. The molecule has 0 atom stereocenters. The van der Waals surface area contributed by atoms with Crippen LogP contribution in [0, 0.1) is 0 Å². The number of thiophene rings is 1. The molecular weight excluding hydrogens is 328 g/mol. The smallest absolute Gasteiger partial charge is 0.268 e. The van der Waals surface area contributed by atoms with Crippen molar-refractivity contribution in [2.24, 2.45) is 0 Å². The summed E-state index contributed by atoms with van der Waals surface area (Å²) in [6.07, 6.45) is 3.33. The van der Waals surface area contributed by atoms with E-state index in [9.17, 15) is 9.59 Å². The van der Waals surface area contributed by atoms with E-state index in [1.54, 1.807) is 12.4 Å². The summed E-state index contributed by atoms with van der Waals surface area (Å²) in [5, 5.41) is 2.15. The number of hydrogen-bond donors (Lipinski definition) is 0. The van der Waals surface area contributed by atoms with Crippen molar-refractivity contribution in [1.29, 1.82) is 0 Å². The molecule has 23 heavy (non-hydrogen) atoms. The summed E-state index contributed by atoms with van der Waals surface area (Å²) in [5.74, 6) is -0.411. The van der Waals surface area contributed by atoms with Crippen molar-refractivity contribution in [3.63, 3.8) is 0 Å². The van der Waals surface area contributed by atoms with Crippen molar-refractivity contribution in [3.05, 3.63) is 57.4 Å². The maximum absolute atomic E-state index is 12.8. The molecule has 2 aromatic rings. The van der Waals surface area contributed by atoms with Crippen LogP contribution < -0.4 is 0 Å². The molecule has 6 heteroatoms. The molecule has 0 unspecified atom stereocenters. The number of aromatic nitrogens is 1. The van der Waals surface area contributed by atoms with Gasteiger partial charge in [0.2, 0.25) is 0 Å². The van der Waals surface area contributed by atoms with Crippen LogP contribution in [0.4, 0.5) is 0 Å². The Morgan fingerprint density at radius 3 is 2.52 bits per heavy atom. The Morgan fingerprint density at radius 1 is 1.17 bits per heavy atom. The Morgan fingerprint density at radius 2 is 1.91 bits per heavy atom.